The summed E-state index contributed by atoms with van der Waals surface area (Å²) < 4.78 is 59.2. The van der Waals surface area contributed by atoms with E-state index in [-0.39, 0.29) is 34.3 Å². The van der Waals surface area contributed by atoms with Crippen molar-refractivity contribution in [2.24, 2.45) is 7.05 Å². The van der Waals surface area contributed by atoms with Gasteiger partial charge in [0.15, 0.2) is 9.84 Å². The third-order valence-electron chi connectivity index (χ3n) is 6.34. The molecule has 204 valence electrons. The molecule has 2 aromatic heterocycles. The molecule has 3 heterocycles. The predicted octanol–water partition coefficient (Wildman–Crippen LogP) is 3.69. The Balaban J connectivity index is 1.44. The van der Waals surface area contributed by atoms with Crippen LogP contribution in [0, 0.1) is 13.8 Å². The molecule has 39 heavy (non-hydrogen) atoms. The fourth-order valence-corrected chi connectivity index (χ4v) is 7.07. The van der Waals surface area contributed by atoms with Gasteiger partial charge in [0.25, 0.3) is 10.0 Å². The molecule has 0 radical (unpaired) electrons. The Hall–Kier alpha value is -3.97. The molecule has 0 amide bonds. The van der Waals surface area contributed by atoms with Crippen LogP contribution in [-0.2, 0) is 26.9 Å². The number of ether oxygens (including phenoxy) is 1. The van der Waals surface area contributed by atoms with Gasteiger partial charge in [-0.3, -0.25) is 4.68 Å². The number of rotatable bonds is 8. The van der Waals surface area contributed by atoms with Crippen LogP contribution < -0.4 is 14.8 Å². The maximum atomic E-state index is 13.0. The normalized spacial score (nSPS) is 16.6. The summed E-state index contributed by atoms with van der Waals surface area (Å²) in [4.78, 5) is 8.80. The van der Waals surface area contributed by atoms with E-state index in [2.05, 4.69) is 25.1 Å². The molecule has 1 aliphatic rings. The first kappa shape index (κ1) is 26.6. The number of nitrogens with one attached hydrogen (secondary N) is 2. The standard InChI is InChI=1S/C26H28N6O5S2/c1-17-5-4-6-18(2)25(17)23-13-24(30-26(29-23)31-39(35,36)22-14-27-32(3)15-22)37-21-9-7-19(8-10-21)28-20-11-12-38(33,34)16-20/h4-10,13-15,20,28H,11-12,16H2,1-3H3,(H,29,30,31). The largest absolute Gasteiger partial charge is 0.439 e. The van der Waals surface area contributed by atoms with Crippen molar-refractivity contribution in [3.05, 3.63) is 72.1 Å². The van der Waals surface area contributed by atoms with Crippen molar-refractivity contribution >= 4 is 31.5 Å². The van der Waals surface area contributed by atoms with Crippen LogP contribution in [0.15, 0.2) is 65.8 Å². The molecule has 0 saturated carbocycles. The number of anilines is 2. The number of aryl methyl sites for hydroxylation is 3. The first-order chi connectivity index (χ1) is 18.5. The lowest BCUT2D eigenvalue weighted by Crippen LogP contribution is -2.20. The minimum atomic E-state index is -3.99. The zero-order chi connectivity index (χ0) is 27.8. The van der Waals surface area contributed by atoms with Gasteiger partial charge in [0.05, 0.1) is 23.4 Å². The molecule has 1 saturated heterocycles. The highest BCUT2D eigenvalue weighted by Gasteiger charge is 2.27. The van der Waals surface area contributed by atoms with Crippen LogP contribution in [0.25, 0.3) is 11.3 Å². The zero-order valence-electron chi connectivity index (χ0n) is 21.6. The molecule has 0 bridgehead atoms. The van der Waals surface area contributed by atoms with E-state index < -0.39 is 19.9 Å². The number of aromatic nitrogens is 4. The minimum Gasteiger partial charge on any atom is -0.439 e. The summed E-state index contributed by atoms with van der Waals surface area (Å²) in [5.41, 5.74) is 4.04. The van der Waals surface area contributed by atoms with Gasteiger partial charge in [-0.1, -0.05) is 18.2 Å². The molecule has 4 aromatic rings. The Morgan fingerprint density at radius 2 is 1.77 bits per heavy atom. The molecule has 0 spiro atoms. The van der Waals surface area contributed by atoms with Crippen LogP contribution in [-0.4, -0.2) is 54.1 Å². The van der Waals surface area contributed by atoms with Crippen molar-refractivity contribution in [2.45, 2.75) is 31.2 Å². The molecule has 0 aliphatic carbocycles. The van der Waals surface area contributed by atoms with Gasteiger partial charge in [-0.25, -0.2) is 26.5 Å². The summed E-state index contributed by atoms with van der Waals surface area (Å²) in [6, 6.07) is 14.4. The van der Waals surface area contributed by atoms with E-state index in [0.717, 1.165) is 22.4 Å². The zero-order valence-corrected chi connectivity index (χ0v) is 23.3. The molecule has 1 aliphatic heterocycles. The second kappa shape index (κ2) is 10.3. The van der Waals surface area contributed by atoms with Crippen LogP contribution in [0.3, 0.4) is 0 Å². The Morgan fingerprint density at radius 1 is 1.05 bits per heavy atom. The number of nitrogens with zero attached hydrogens (tertiary/aromatic N) is 4. The van der Waals surface area contributed by atoms with Crippen LogP contribution in [0.2, 0.25) is 0 Å². The second-order valence-corrected chi connectivity index (χ2v) is 13.4. The van der Waals surface area contributed by atoms with Crippen molar-refractivity contribution in [3.63, 3.8) is 0 Å². The Kier molecular flexibility index (Phi) is 7.03. The van der Waals surface area contributed by atoms with E-state index in [0.29, 0.717) is 17.9 Å². The minimum absolute atomic E-state index is 0.0216. The Bertz CT molecular complexity index is 1710. The number of sulfonamides is 1. The monoisotopic (exact) mass is 568 g/mol. The maximum Gasteiger partial charge on any atom is 0.267 e. The Morgan fingerprint density at radius 3 is 2.38 bits per heavy atom. The highest BCUT2D eigenvalue weighted by atomic mass is 32.2. The number of benzene rings is 2. The first-order valence-corrected chi connectivity index (χ1v) is 15.5. The van der Waals surface area contributed by atoms with E-state index >= 15 is 0 Å². The van der Waals surface area contributed by atoms with Crippen molar-refractivity contribution in [2.75, 3.05) is 21.5 Å². The molecular weight excluding hydrogens is 540 g/mol. The predicted molar refractivity (Wildman–Crippen MR) is 148 cm³/mol. The van der Waals surface area contributed by atoms with Crippen LogP contribution in [0.4, 0.5) is 11.6 Å². The summed E-state index contributed by atoms with van der Waals surface area (Å²) in [5.74, 6) is 0.774. The number of hydrogen-bond acceptors (Lipinski definition) is 9. The molecule has 2 aromatic carbocycles. The second-order valence-electron chi connectivity index (χ2n) is 9.51. The van der Waals surface area contributed by atoms with Gasteiger partial charge in [-0.2, -0.15) is 10.1 Å². The highest BCUT2D eigenvalue weighted by molar-refractivity contribution is 7.92. The third-order valence-corrected chi connectivity index (χ3v) is 9.39. The van der Waals surface area contributed by atoms with E-state index in [1.807, 2.05) is 32.0 Å². The smallest absolute Gasteiger partial charge is 0.267 e. The summed E-state index contributed by atoms with van der Waals surface area (Å²) in [7, 11) is -5.35. The number of sulfone groups is 1. The third kappa shape index (κ3) is 6.20. The lowest BCUT2D eigenvalue weighted by Gasteiger charge is -2.14. The van der Waals surface area contributed by atoms with Crippen molar-refractivity contribution in [1.82, 2.24) is 19.7 Å². The molecular formula is C26H28N6O5S2. The van der Waals surface area contributed by atoms with Gasteiger partial charge in [0.2, 0.25) is 11.8 Å². The average Bonchev–Trinajstić information content (AvgIpc) is 3.45. The highest BCUT2D eigenvalue weighted by Crippen LogP contribution is 2.31. The first-order valence-electron chi connectivity index (χ1n) is 12.2. The van der Waals surface area contributed by atoms with Crippen molar-refractivity contribution < 1.29 is 21.6 Å². The van der Waals surface area contributed by atoms with Crippen molar-refractivity contribution in [3.8, 4) is 22.9 Å². The van der Waals surface area contributed by atoms with Gasteiger partial charge in [0.1, 0.15) is 10.6 Å². The van der Waals surface area contributed by atoms with E-state index in [4.69, 9.17) is 4.74 Å². The van der Waals surface area contributed by atoms with Gasteiger partial charge >= 0.3 is 0 Å². The molecule has 5 rings (SSSR count). The fraction of sp³-hybridized carbons (Fsp3) is 0.269. The van der Waals surface area contributed by atoms with Crippen LogP contribution >= 0.6 is 0 Å². The van der Waals surface area contributed by atoms with Crippen LogP contribution in [0.1, 0.15) is 17.5 Å². The van der Waals surface area contributed by atoms with E-state index in [9.17, 15) is 16.8 Å². The lowest BCUT2D eigenvalue weighted by atomic mass is 10.00. The quantitative estimate of drug-likeness (QED) is 0.325. The summed E-state index contributed by atoms with van der Waals surface area (Å²) in [5, 5.41) is 7.17. The molecule has 2 N–H and O–H groups in total. The summed E-state index contributed by atoms with van der Waals surface area (Å²) in [6.07, 6.45) is 3.19. The Labute approximate surface area is 227 Å². The van der Waals surface area contributed by atoms with Gasteiger partial charge in [0, 0.05) is 36.6 Å². The van der Waals surface area contributed by atoms with Gasteiger partial charge < -0.3 is 10.1 Å². The summed E-state index contributed by atoms with van der Waals surface area (Å²) >= 11 is 0. The van der Waals surface area contributed by atoms with E-state index in [1.54, 1.807) is 37.4 Å². The molecule has 1 atom stereocenters. The molecule has 13 heteroatoms. The maximum absolute atomic E-state index is 13.0. The number of hydrogen-bond donors (Lipinski definition) is 2. The van der Waals surface area contributed by atoms with Gasteiger partial charge in [-0.15, -0.1) is 0 Å². The fourth-order valence-electron chi connectivity index (χ4n) is 4.47. The SMILES string of the molecule is Cc1cccc(C)c1-c1cc(Oc2ccc(NC3CCS(=O)(=O)C3)cc2)nc(NS(=O)(=O)c2cnn(C)c2)n1. The average molecular weight is 569 g/mol. The topological polar surface area (TPSA) is 145 Å². The molecule has 1 unspecified atom stereocenters. The molecule has 1 fully saturated rings. The molecule has 11 nitrogen and oxygen atoms in total. The summed E-state index contributed by atoms with van der Waals surface area (Å²) in [6.45, 7) is 3.90. The van der Waals surface area contributed by atoms with Gasteiger partial charge in [-0.05, 0) is 55.7 Å². The lowest BCUT2D eigenvalue weighted by molar-refractivity contribution is 0.463. The van der Waals surface area contributed by atoms with Crippen molar-refractivity contribution in [1.29, 1.82) is 0 Å². The van der Waals surface area contributed by atoms with E-state index in [1.165, 1.54) is 17.1 Å². The van der Waals surface area contributed by atoms with Crippen LogP contribution in [0.5, 0.6) is 11.6 Å².